The van der Waals surface area contributed by atoms with E-state index in [0.717, 1.165) is 17.0 Å². The van der Waals surface area contributed by atoms with Gasteiger partial charge in [-0.3, -0.25) is 14.2 Å². The Morgan fingerprint density at radius 2 is 1.97 bits per heavy atom. The SMILES string of the molecule is COc1cccc(C(C)NC(=O)CSc2nc3cc(C)[nH]c3c(=O)n2-c2ccccc2)c1. The van der Waals surface area contributed by atoms with Gasteiger partial charge in [-0.15, -0.1) is 0 Å². The molecule has 0 aliphatic rings. The Bertz CT molecular complexity index is 1310. The second kappa shape index (κ2) is 9.32. The molecule has 4 aromatic rings. The molecule has 2 aromatic carbocycles. The number of rotatable bonds is 7. The number of fused-ring (bicyclic) bond motifs is 1. The second-order valence-corrected chi connectivity index (χ2v) is 8.38. The number of carbonyl (C=O) groups excluding carboxylic acids is 1. The van der Waals surface area contributed by atoms with E-state index in [2.05, 4.69) is 15.3 Å². The summed E-state index contributed by atoms with van der Waals surface area (Å²) in [7, 11) is 1.61. The number of aromatic amines is 1. The number of hydrogen-bond donors (Lipinski definition) is 2. The average Bonchev–Trinajstić information content (AvgIpc) is 3.19. The Morgan fingerprint density at radius 3 is 2.72 bits per heavy atom. The topological polar surface area (TPSA) is 89.0 Å². The number of methoxy groups -OCH3 is 1. The highest BCUT2D eigenvalue weighted by atomic mass is 32.2. The first-order valence-electron chi connectivity index (χ1n) is 10.2. The zero-order chi connectivity index (χ0) is 22.7. The molecule has 2 N–H and O–H groups in total. The molecule has 0 fully saturated rings. The lowest BCUT2D eigenvalue weighted by Crippen LogP contribution is -2.29. The first kappa shape index (κ1) is 21.7. The van der Waals surface area contributed by atoms with Gasteiger partial charge < -0.3 is 15.0 Å². The van der Waals surface area contributed by atoms with Crippen molar-refractivity contribution in [1.82, 2.24) is 19.9 Å². The molecule has 0 spiro atoms. The molecule has 2 heterocycles. The maximum atomic E-state index is 13.2. The number of nitrogens with zero attached hydrogens (tertiary/aromatic N) is 2. The van der Waals surface area contributed by atoms with Crippen LogP contribution >= 0.6 is 11.8 Å². The predicted molar refractivity (Wildman–Crippen MR) is 127 cm³/mol. The predicted octanol–water partition coefficient (Wildman–Crippen LogP) is 4.00. The lowest BCUT2D eigenvalue weighted by Gasteiger charge is -2.16. The number of carbonyl (C=O) groups is 1. The molecular formula is C24H24N4O3S. The van der Waals surface area contributed by atoms with Gasteiger partial charge in [0.05, 0.1) is 30.1 Å². The number of ether oxygens (including phenoxy) is 1. The maximum Gasteiger partial charge on any atom is 0.283 e. The molecular weight excluding hydrogens is 424 g/mol. The van der Waals surface area contributed by atoms with Crippen molar-refractivity contribution in [2.75, 3.05) is 12.9 Å². The van der Waals surface area contributed by atoms with Gasteiger partial charge in [-0.2, -0.15) is 0 Å². The molecule has 2 aromatic heterocycles. The number of hydrogen-bond acceptors (Lipinski definition) is 5. The van der Waals surface area contributed by atoms with E-state index in [4.69, 9.17) is 4.74 Å². The summed E-state index contributed by atoms with van der Waals surface area (Å²) in [6.45, 7) is 3.80. The molecule has 8 heteroatoms. The van der Waals surface area contributed by atoms with Crippen LogP contribution in [0.1, 0.15) is 24.2 Å². The Labute approximate surface area is 189 Å². The van der Waals surface area contributed by atoms with Crippen LogP contribution in [0.5, 0.6) is 5.75 Å². The van der Waals surface area contributed by atoms with Crippen LogP contribution in [0.15, 0.2) is 70.6 Å². The standard InChI is InChI=1S/C24H24N4O3S/c1-15-12-20-22(25-15)23(30)28(18-9-5-4-6-10-18)24(27-20)32-14-21(29)26-16(2)17-8-7-11-19(13-17)31-3/h4-13,16,25H,14H2,1-3H3,(H,26,29). The number of nitrogens with one attached hydrogen (secondary N) is 2. The fraction of sp³-hybridized carbons (Fsp3) is 0.208. The number of aromatic nitrogens is 3. The van der Waals surface area contributed by atoms with Gasteiger partial charge in [0.25, 0.3) is 5.56 Å². The second-order valence-electron chi connectivity index (χ2n) is 7.44. The third-order valence-electron chi connectivity index (χ3n) is 5.07. The van der Waals surface area contributed by atoms with Gasteiger partial charge in [-0.05, 0) is 49.7 Å². The van der Waals surface area contributed by atoms with Crippen molar-refractivity contribution < 1.29 is 9.53 Å². The van der Waals surface area contributed by atoms with Crippen LogP contribution in [0, 0.1) is 6.92 Å². The van der Waals surface area contributed by atoms with Crippen LogP contribution in [-0.4, -0.2) is 33.3 Å². The van der Waals surface area contributed by atoms with Crippen LogP contribution < -0.4 is 15.6 Å². The molecule has 1 unspecified atom stereocenters. The summed E-state index contributed by atoms with van der Waals surface area (Å²) >= 11 is 1.23. The summed E-state index contributed by atoms with van der Waals surface area (Å²) in [6, 6.07) is 18.6. The van der Waals surface area contributed by atoms with Crippen molar-refractivity contribution in [2.45, 2.75) is 25.0 Å². The number of para-hydroxylation sites is 1. The van der Waals surface area contributed by atoms with Gasteiger partial charge in [0.1, 0.15) is 11.3 Å². The first-order valence-corrected chi connectivity index (χ1v) is 11.2. The Morgan fingerprint density at radius 1 is 1.19 bits per heavy atom. The average molecular weight is 449 g/mol. The van der Waals surface area contributed by atoms with Crippen LogP contribution in [0.25, 0.3) is 16.7 Å². The van der Waals surface area contributed by atoms with Gasteiger partial charge in [-0.25, -0.2) is 4.98 Å². The molecule has 0 bridgehead atoms. The number of benzene rings is 2. The highest BCUT2D eigenvalue weighted by Gasteiger charge is 2.17. The molecule has 0 radical (unpaired) electrons. The Balaban J connectivity index is 1.57. The van der Waals surface area contributed by atoms with Crippen LogP contribution in [0.2, 0.25) is 0 Å². The normalized spacial score (nSPS) is 12.0. The Hall–Kier alpha value is -3.52. The van der Waals surface area contributed by atoms with E-state index in [1.165, 1.54) is 11.8 Å². The Kier molecular flexibility index (Phi) is 6.32. The summed E-state index contributed by atoms with van der Waals surface area (Å²) < 4.78 is 6.80. The molecule has 32 heavy (non-hydrogen) atoms. The highest BCUT2D eigenvalue weighted by molar-refractivity contribution is 7.99. The fourth-order valence-electron chi connectivity index (χ4n) is 3.49. The zero-order valence-corrected chi connectivity index (χ0v) is 18.9. The van der Waals surface area contributed by atoms with Gasteiger partial charge >= 0.3 is 0 Å². The van der Waals surface area contributed by atoms with Gasteiger partial charge in [0, 0.05) is 5.69 Å². The van der Waals surface area contributed by atoms with Crippen molar-refractivity contribution in [1.29, 1.82) is 0 Å². The van der Waals surface area contributed by atoms with E-state index in [0.29, 0.717) is 21.9 Å². The lowest BCUT2D eigenvalue weighted by molar-refractivity contribution is -0.119. The minimum atomic E-state index is -0.193. The molecule has 1 amide bonds. The van der Waals surface area contributed by atoms with Crippen molar-refractivity contribution in [3.8, 4) is 11.4 Å². The molecule has 1 atom stereocenters. The number of thioether (sulfide) groups is 1. The molecule has 164 valence electrons. The van der Waals surface area contributed by atoms with E-state index < -0.39 is 0 Å². The minimum absolute atomic E-state index is 0.127. The quantitative estimate of drug-likeness (QED) is 0.330. The molecule has 7 nitrogen and oxygen atoms in total. The molecule has 0 aliphatic heterocycles. The summed E-state index contributed by atoms with van der Waals surface area (Å²) in [5.74, 6) is 0.719. The zero-order valence-electron chi connectivity index (χ0n) is 18.1. The van der Waals surface area contributed by atoms with Crippen LogP contribution in [-0.2, 0) is 4.79 Å². The van der Waals surface area contributed by atoms with Crippen molar-refractivity contribution in [2.24, 2.45) is 0 Å². The third kappa shape index (κ3) is 4.55. The van der Waals surface area contributed by atoms with Gasteiger partial charge in [-0.1, -0.05) is 42.1 Å². The van der Waals surface area contributed by atoms with Crippen molar-refractivity contribution in [3.05, 3.63) is 82.3 Å². The van der Waals surface area contributed by atoms with Crippen LogP contribution in [0.3, 0.4) is 0 Å². The minimum Gasteiger partial charge on any atom is -0.497 e. The van der Waals surface area contributed by atoms with E-state index in [9.17, 15) is 9.59 Å². The third-order valence-corrected chi connectivity index (χ3v) is 6.01. The molecule has 0 saturated carbocycles. The monoisotopic (exact) mass is 448 g/mol. The highest BCUT2D eigenvalue weighted by Crippen LogP contribution is 2.23. The van der Waals surface area contributed by atoms with Crippen molar-refractivity contribution in [3.63, 3.8) is 0 Å². The maximum absolute atomic E-state index is 13.2. The molecule has 0 aliphatic carbocycles. The lowest BCUT2D eigenvalue weighted by atomic mass is 10.1. The number of aryl methyl sites for hydroxylation is 1. The molecule has 0 saturated heterocycles. The van der Waals surface area contributed by atoms with Crippen LogP contribution in [0.4, 0.5) is 0 Å². The van der Waals surface area contributed by atoms with Gasteiger partial charge in [0.15, 0.2) is 5.16 Å². The fourth-order valence-corrected chi connectivity index (χ4v) is 4.31. The van der Waals surface area contributed by atoms with E-state index in [1.807, 2.05) is 74.5 Å². The number of amides is 1. The van der Waals surface area contributed by atoms with E-state index in [1.54, 1.807) is 11.7 Å². The summed E-state index contributed by atoms with van der Waals surface area (Å²) in [5, 5.41) is 3.47. The molecule has 4 rings (SSSR count). The van der Waals surface area contributed by atoms with E-state index >= 15 is 0 Å². The van der Waals surface area contributed by atoms with Gasteiger partial charge in [0.2, 0.25) is 5.91 Å². The largest absolute Gasteiger partial charge is 0.497 e. The smallest absolute Gasteiger partial charge is 0.283 e. The van der Waals surface area contributed by atoms with E-state index in [-0.39, 0.29) is 23.3 Å². The summed E-state index contributed by atoms with van der Waals surface area (Å²) in [4.78, 5) is 33.6. The summed E-state index contributed by atoms with van der Waals surface area (Å²) in [6.07, 6.45) is 0. The summed E-state index contributed by atoms with van der Waals surface area (Å²) in [5.41, 5.74) is 3.36. The number of H-pyrrole nitrogens is 1. The first-order chi connectivity index (χ1) is 15.5. The van der Waals surface area contributed by atoms with Crippen molar-refractivity contribution >= 4 is 28.7 Å².